The monoisotopic (exact) mass is 758 g/mol. The minimum absolute atomic E-state index is 0.00257. The molecular weight excluding hydrogens is 709 g/mol. The minimum atomic E-state index is -4.02. The summed E-state index contributed by atoms with van der Waals surface area (Å²) < 4.78 is 70.2. The molecule has 0 unspecified atom stereocenters. The van der Waals surface area contributed by atoms with Crippen LogP contribution in [-0.2, 0) is 38.7 Å². The summed E-state index contributed by atoms with van der Waals surface area (Å²) in [5.41, 5.74) is 2.99. The second-order valence-electron chi connectivity index (χ2n) is 12.2. The van der Waals surface area contributed by atoms with Crippen molar-refractivity contribution < 1.29 is 60.9 Å². The van der Waals surface area contributed by atoms with Gasteiger partial charge in [-0.15, -0.1) is 0 Å². The summed E-state index contributed by atoms with van der Waals surface area (Å²) >= 11 is 0. The van der Waals surface area contributed by atoms with Crippen molar-refractivity contribution in [1.82, 2.24) is 11.0 Å². The average Bonchev–Trinajstić information content (AvgIpc) is 3.16. The number of nitrogens with one attached hydrogen (secondary N) is 2. The second kappa shape index (κ2) is 20.1. The fourth-order valence-corrected chi connectivity index (χ4v) is 9.72. The average molecular weight is 759 g/mol. The van der Waals surface area contributed by atoms with Crippen LogP contribution in [0.4, 0.5) is 0 Å². The van der Waals surface area contributed by atoms with Crippen LogP contribution in [0.2, 0.25) is 0 Å². The summed E-state index contributed by atoms with van der Waals surface area (Å²) in [6, 6.07) is 11.9. The Bertz CT molecular complexity index is 1590. The van der Waals surface area contributed by atoms with Gasteiger partial charge in [0, 0.05) is 33.0 Å². The van der Waals surface area contributed by atoms with E-state index < -0.39 is 41.0 Å². The number of hydrogen-bond acceptors (Lipinski definition) is 13. The first kappa shape index (κ1) is 42.1. The second-order valence-corrected chi connectivity index (χ2v) is 16.8. The Balaban J connectivity index is 0.000000276. The predicted octanol–water partition coefficient (Wildman–Crippen LogP) is 3.14. The first-order chi connectivity index (χ1) is 24.5. The number of hydrogen-bond donors (Lipinski definition) is 5. The molecule has 17 heteroatoms. The molecule has 0 saturated carbocycles. The zero-order valence-electron chi connectivity index (χ0n) is 28.9. The molecule has 15 nitrogen and oxygen atoms in total. The normalized spacial score (nSPS) is 16.9. The number of aliphatic hydroxyl groups is 1. The van der Waals surface area contributed by atoms with Crippen LogP contribution in [0.25, 0.3) is 0 Å². The molecule has 0 bridgehead atoms. The van der Waals surface area contributed by atoms with E-state index in [9.17, 15) is 26.4 Å². The van der Waals surface area contributed by atoms with Gasteiger partial charge in [0.2, 0.25) is 0 Å². The first-order valence-electron chi connectivity index (χ1n) is 17.1. The quantitative estimate of drug-likeness (QED) is 0.0890. The number of amides is 2. The summed E-state index contributed by atoms with van der Waals surface area (Å²) in [5.74, 6) is -0.769. The van der Waals surface area contributed by atoms with Crippen LogP contribution in [0.3, 0.4) is 0 Å². The minimum Gasteiger partial charge on any atom is -0.494 e. The molecule has 2 fully saturated rings. The molecule has 2 aliphatic rings. The number of carbonyl (C=O) groups excluding carboxylic acids is 2. The lowest BCUT2D eigenvalue weighted by molar-refractivity contribution is -0.135. The molecule has 2 amide bonds. The number of benzene rings is 2. The Kier molecular flexibility index (Phi) is 16.6. The summed E-state index contributed by atoms with van der Waals surface area (Å²) in [4.78, 5) is 24.3. The molecule has 2 aliphatic heterocycles. The van der Waals surface area contributed by atoms with Gasteiger partial charge in [0.1, 0.15) is 11.5 Å². The fourth-order valence-electron chi connectivity index (χ4n) is 5.85. The molecule has 51 heavy (non-hydrogen) atoms. The number of rotatable bonds is 17. The van der Waals surface area contributed by atoms with E-state index in [0.29, 0.717) is 37.6 Å². The zero-order valence-corrected chi connectivity index (χ0v) is 30.5. The molecule has 286 valence electrons. The van der Waals surface area contributed by atoms with E-state index in [1.807, 2.05) is 0 Å². The van der Waals surface area contributed by atoms with Gasteiger partial charge in [-0.2, -0.15) is 0 Å². The van der Waals surface area contributed by atoms with Crippen LogP contribution in [0, 0.1) is 0 Å². The van der Waals surface area contributed by atoms with Crippen molar-refractivity contribution >= 4 is 31.5 Å². The van der Waals surface area contributed by atoms with E-state index >= 15 is 0 Å². The van der Waals surface area contributed by atoms with Crippen LogP contribution in [0.5, 0.6) is 11.5 Å². The third-order valence-corrected chi connectivity index (χ3v) is 14.0. The number of hydroxylamine groups is 2. The third-order valence-electron chi connectivity index (χ3n) is 9.02. The van der Waals surface area contributed by atoms with Crippen molar-refractivity contribution in [3.05, 3.63) is 48.5 Å². The molecule has 0 spiro atoms. The molecule has 0 aromatic heterocycles. The number of sulfone groups is 2. The van der Waals surface area contributed by atoms with E-state index in [1.165, 1.54) is 53.8 Å². The maximum Gasteiger partial charge on any atom is 0.265 e. The maximum absolute atomic E-state index is 13.1. The van der Waals surface area contributed by atoms with Gasteiger partial charge in [-0.1, -0.05) is 26.2 Å². The molecule has 2 saturated heterocycles. The van der Waals surface area contributed by atoms with Gasteiger partial charge in [-0.3, -0.25) is 20.0 Å². The van der Waals surface area contributed by atoms with Crippen molar-refractivity contribution in [3.8, 4) is 11.5 Å². The third kappa shape index (κ3) is 10.2. The van der Waals surface area contributed by atoms with E-state index in [1.54, 1.807) is 12.1 Å². The van der Waals surface area contributed by atoms with Gasteiger partial charge < -0.3 is 24.1 Å². The van der Waals surface area contributed by atoms with Crippen LogP contribution in [0.15, 0.2) is 58.3 Å². The molecule has 2 aromatic carbocycles. The lowest BCUT2D eigenvalue weighted by atomic mass is 9.98. The molecular formula is C34H50N2O13S2. The highest BCUT2D eigenvalue weighted by Crippen LogP contribution is 2.37. The molecule has 4 rings (SSSR count). The molecule has 0 aliphatic carbocycles. The lowest BCUT2D eigenvalue weighted by Gasteiger charge is -2.34. The van der Waals surface area contributed by atoms with E-state index in [0.717, 1.165) is 19.3 Å². The van der Waals surface area contributed by atoms with Gasteiger partial charge >= 0.3 is 0 Å². The summed E-state index contributed by atoms with van der Waals surface area (Å²) in [6.07, 6.45) is 5.64. The summed E-state index contributed by atoms with van der Waals surface area (Å²) in [7, 11) is -8.01. The Morgan fingerprint density at radius 3 is 1.35 bits per heavy atom. The van der Waals surface area contributed by atoms with Gasteiger partial charge in [0.15, 0.2) is 29.2 Å². The van der Waals surface area contributed by atoms with Crippen molar-refractivity contribution in [2.75, 3.05) is 46.2 Å². The van der Waals surface area contributed by atoms with Crippen LogP contribution in [0.1, 0.15) is 71.1 Å². The van der Waals surface area contributed by atoms with Crippen molar-refractivity contribution in [3.63, 3.8) is 0 Å². The maximum atomic E-state index is 13.1. The van der Waals surface area contributed by atoms with Gasteiger partial charge in [-0.05, 0) is 93.5 Å². The zero-order chi connectivity index (χ0) is 37.4. The number of unbranched alkanes of at least 4 members (excludes halogenated alkanes) is 4. The topological polar surface area (TPSA) is 224 Å². The van der Waals surface area contributed by atoms with Crippen molar-refractivity contribution in [2.45, 2.75) is 90.4 Å². The number of ether oxygens (including phenoxy) is 4. The van der Waals surface area contributed by atoms with Crippen LogP contribution < -0.4 is 20.4 Å². The number of carbonyl (C=O) groups is 2. The van der Waals surface area contributed by atoms with E-state index in [4.69, 9.17) is 34.5 Å². The van der Waals surface area contributed by atoms with Gasteiger partial charge in [0.25, 0.3) is 11.8 Å². The Morgan fingerprint density at radius 1 is 0.647 bits per heavy atom. The summed E-state index contributed by atoms with van der Waals surface area (Å²) in [6.45, 7) is 3.78. The highest BCUT2D eigenvalue weighted by molar-refractivity contribution is 7.94. The SMILES string of the molecule is CCCCCCOc1ccc(S(=O)(=O)C2(C(=O)NO)CCOCC2)cc1.O=C(NO)C1(S(=O)(=O)c2ccc(OCCCCO)cc2)CCOCC1. The predicted molar refractivity (Wildman–Crippen MR) is 184 cm³/mol. The molecule has 5 N–H and O–H groups in total. The van der Waals surface area contributed by atoms with Crippen molar-refractivity contribution in [2.24, 2.45) is 0 Å². The standard InChI is InChI=1S/C18H27NO6S.C16H23NO7S/c1-2-3-4-5-12-25-15-6-8-16(9-7-15)26(22,23)18(17(20)19-21)10-13-24-14-11-18;18-9-1-2-10-24-13-3-5-14(6-4-13)25(21,22)16(15(19)17-20)7-11-23-12-8-16/h6-9,21H,2-5,10-14H2,1H3,(H,19,20);3-6,18,20H,1-2,7-12H2,(H,17,19). The van der Waals surface area contributed by atoms with Crippen molar-refractivity contribution in [1.29, 1.82) is 0 Å². The Labute approximate surface area is 299 Å². The fraction of sp³-hybridized carbons (Fsp3) is 0.588. The Morgan fingerprint density at radius 2 is 1.02 bits per heavy atom. The van der Waals surface area contributed by atoms with Gasteiger partial charge in [-0.25, -0.2) is 27.8 Å². The lowest BCUT2D eigenvalue weighted by Crippen LogP contribution is -2.54. The summed E-state index contributed by atoms with van der Waals surface area (Å²) in [5, 5.41) is 26.8. The van der Waals surface area contributed by atoms with Crippen LogP contribution in [-0.4, -0.2) is 99.9 Å². The largest absolute Gasteiger partial charge is 0.494 e. The number of aliphatic hydroxyl groups excluding tert-OH is 1. The highest BCUT2D eigenvalue weighted by Gasteiger charge is 2.53. The van der Waals surface area contributed by atoms with E-state index in [-0.39, 0.29) is 68.5 Å². The smallest absolute Gasteiger partial charge is 0.265 e. The molecule has 0 radical (unpaired) electrons. The van der Waals surface area contributed by atoms with Gasteiger partial charge in [0.05, 0.1) is 23.0 Å². The molecule has 0 atom stereocenters. The van der Waals surface area contributed by atoms with Crippen LogP contribution >= 0.6 is 0 Å². The Hall–Kier alpha value is -3.32. The molecule has 2 heterocycles. The van der Waals surface area contributed by atoms with E-state index in [2.05, 4.69) is 6.92 Å². The first-order valence-corrected chi connectivity index (χ1v) is 20.0. The highest BCUT2D eigenvalue weighted by atomic mass is 32.2. The molecule has 2 aromatic rings.